The Morgan fingerprint density at radius 3 is 2.46 bits per heavy atom. The average Bonchev–Trinajstić information content (AvgIpc) is 2.01. The molecule has 0 aliphatic carbocycles. The zero-order valence-electron chi connectivity index (χ0n) is 8.63. The second-order valence-electron chi connectivity index (χ2n) is 3.81. The van der Waals surface area contributed by atoms with Crippen molar-refractivity contribution in [2.75, 3.05) is 6.61 Å². The first-order valence-electron chi connectivity index (χ1n) is 4.62. The fraction of sp³-hybridized carbons (Fsp3) is 0.889. The van der Waals surface area contributed by atoms with Crippen molar-refractivity contribution < 1.29 is 9.90 Å². The van der Waals surface area contributed by atoms with Crippen LogP contribution < -0.4 is 11.1 Å². The quantitative estimate of drug-likeness (QED) is 0.568. The number of hydrogen-bond donors (Lipinski definition) is 3. The predicted molar refractivity (Wildman–Crippen MR) is 52.2 cm³/mol. The Balaban J connectivity index is 4.01. The molecule has 13 heavy (non-hydrogen) atoms. The van der Waals surface area contributed by atoms with Gasteiger partial charge >= 0.3 is 0 Å². The number of rotatable bonds is 5. The molecule has 0 saturated heterocycles. The summed E-state index contributed by atoms with van der Waals surface area (Å²) in [4.78, 5) is 11.4. The molecule has 0 bridgehead atoms. The van der Waals surface area contributed by atoms with Crippen LogP contribution in [0.1, 0.15) is 33.6 Å². The van der Waals surface area contributed by atoms with Crippen molar-refractivity contribution in [3.8, 4) is 0 Å². The first kappa shape index (κ1) is 12.4. The largest absolute Gasteiger partial charge is 0.396 e. The highest BCUT2D eigenvalue weighted by molar-refractivity contribution is 5.85. The van der Waals surface area contributed by atoms with Crippen molar-refractivity contribution in [2.24, 2.45) is 5.73 Å². The minimum absolute atomic E-state index is 0.0281. The number of carbonyl (C=O) groups is 1. The third kappa shape index (κ3) is 4.85. The lowest BCUT2D eigenvalue weighted by atomic mass is 10.0. The second kappa shape index (κ2) is 5.19. The van der Waals surface area contributed by atoms with E-state index in [0.717, 1.165) is 6.42 Å². The van der Waals surface area contributed by atoms with Gasteiger partial charge in [0.15, 0.2) is 0 Å². The molecule has 0 spiro atoms. The third-order valence-electron chi connectivity index (χ3n) is 1.89. The van der Waals surface area contributed by atoms with Crippen molar-refractivity contribution >= 4 is 5.91 Å². The predicted octanol–water partition coefficient (Wildman–Crippen LogP) is 0.000900. The topological polar surface area (TPSA) is 75.3 Å². The SMILES string of the molecule is CCC(CCO)NC(=O)C(C)(C)N. The van der Waals surface area contributed by atoms with Gasteiger partial charge in [0.2, 0.25) is 5.91 Å². The van der Waals surface area contributed by atoms with E-state index in [1.807, 2.05) is 6.92 Å². The lowest BCUT2D eigenvalue weighted by Crippen LogP contribution is -2.52. The summed E-state index contributed by atoms with van der Waals surface area (Å²) in [7, 11) is 0. The zero-order chi connectivity index (χ0) is 10.5. The van der Waals surface area contributed by atoms with Crippen molar-refractivity contribution in [2.45, 2.75) is 45.2 Å². The van der Waals surface area contributed by atoms with E-state index in [2.05, 4.69) is 5.32 Å². The molecule has 1 unspecified atom stereocenters. The first-order valence-corrected chi connectivity index (χ1v) is 4.62. The highest BCUT2D eigenvalue weighted by Gasteiger charge is 2.23. The van der Waals surface area contributed by atoms with Crippen molar-refractivity contribution in [1.29, 1.82) is 0 Å². The molecule has 0 aliphatic rings. The van der Waals surface area contributed by atoms with Gasteiger partial charge in [-0.25, -0.2) is 0 Å². The Morgan fingerprint density at radius 1 is 1.62 bits per heavy atom. The van der Waals surface area contributed by atoms with Gasteiger partial charge in [-0.3, -0.25) is 4.79 Å². The van der Waals surface area contributed by atoms with Crippen molar-refractivity contribution in [3.05, 3.63) is 0 Å². The second-order valence-corrected chi connectivity index (χ2v) is 3.81. The zero-order valence-corrected chi connectivity index (χ0v) is 8.63. The summed E-state index contributed by atoms with van der Waals surface area (Å²) in [5, 5.41) is 11.5. The van der Waals surface area contributed by atoms with E-state index in [-0.39, 0.29) is 18.6 Å². The van der Waals surface area contributed by atoms with Gasteiger partial charge in [-0.2, -0.15) is 0 Å². The monoisotopic (exact) mass is 188 g/mol. The van der Waals surface area contributed by atoms with Crippen LogP contribution in [-0.2, 0) is 4.79 Å². The molecule has 4 heteroatoms. The van der Waals surface area contributed by atoms with Gasteiger partial charge in [-0.05, 0) is 26.7 Å². The van der Waals surface area contributed by atoms with Gasteiger partial charge < -0.3 is 16.2 Å². The molecule has 0 aliphatic heterocycles. The fourth-order valence-corrected chi connectivity index (χ4v) is 0.906. The molecule has 0 saturated carbocycles. The highest BCUT2D eigenvalue weighted by Crippen LogP contribution is 2.01. The summed E-state index contributed by atoms with van der Waals surface area (Å²) in [6.07, 6.45) is 1.39. The maximum atomic E-state index is 11.4. The van der Waals surface area contributed by atoms with Crippen LogP contribution in [0.5, 0.6) is 0 Å². The fourth-order valence-electron chi connectivity index (χ4n) is 0.906. The summed E-state index contributed by atoms with van der Waals surface area (Å²) in [5.41, 5.74) is 4.76. The maximum absolute atomic E-state index is 11.4. The lowest BCUT2D eigenvalue weighted by Gasteiger charge is -2.22. The Bertz CT molecular complexity index is 163. The van der Waals surface area contributed by atoms with Crippen LogP contribution in [0.4, 0.5) is 0 Å². The van der Waals surface area contributed by atoms with Crippen LogP contribution >= 0.6 is 0 Å². The molecule has 0 aromatic carbocycles. The minimum atomic E-state index is -0.844. The van der Waals surface area contributed by atoms with E-state index in [0.29, 0.717) is 6.42 Å². The van der Waals surface area contributed by atoms with Crippen LogP contribution in [0.3, 0.4) is 0 Å². The van der Waals surface area contributed by atoms with E-state index in [1.165, 1.54) is 0 Å². The number of amides is 1. The van der Waals surface area contributed by atoms with Crippen LogP contribution in [0, 0.1) is 0 Å². The third-order valence-corrected chi connectivity index (χ3v) is 1.89. The van der Waals surface area contributed by atoms with Gasteiger partial charge in [0.1, 0.15) is 0 Å². The van der Waals surface area contributed by atoms with Crippen LogP contribution in [0.25, 0.3) is 0 Å². The van der Waals surface area contributed by atoms with Crippen LogP contribution in [0.2, 0.25) is 0 Å². The number of nitrogens with two attached hydrogens (primary N) is 1. The van der Waals surface area contributed by atoms with Gasteiger partial charge in [0.05, 0.1) is 5.54 Å². The molecule has 1 atom stereocenters. The smallest absolute Gasteiger partial charge is 0.239 e. The average molecular weight is 188 g/mol. The summed E-state index contributed by atoms with van der Waals surface area (Å²) >= 11 is 0. The molecular formula is C9H20N2O2. The van der Waals surface area contributed by atoms with Gasteiger partial charge in [-0.1, -0.05) is 6.92 Å². The molecule has 0 fully saturated rings. The summed E-state index contributed by atoms with van der Waals surface area (Å²) in [5.74, 6) is -0.173. The van der Waals surface area contributed by atoms with Gasteiger partial charge in [0.25, 0.3) is 0 Å². The standard InChI is InChI=1S/C9H20N2O2/c1-4-7(5-6-12)11-8(13)9(2,3)10/h7,12H,4-6,10H2,1-3H3,(H,11,13). The molecule has 4 nitrogen and oxygen atoms in total. The number of nitrogens with one attached hydrogen (secondary N) is 1. The van der Waals surface area contributed by atoms with Crippen LogP contribution in [-0.4, -0.2) is 29.2 Å². The first-order chi connectivity index (χ1) is 5.91. The normalized spacial score (nSPS) is 13.9. The summed E-state index contributed by atoms with van der Waals surface area (Å²) in [6, 6.07) is 0.0281. The molecule has 1 amide bonds. The Labute approximate surface area is 79.5 Å². The molecule has 0 aromatic heterocycles. The number of hydrogen-bond acceptors (Lipinski definition) is 3. The number of aliphatic hydroxyl groups excluding tert-OH is 1. The van der Waals surface area contributed by atoms with Crippen molar-refractivity contribution in [1.82, 2.24) is 5.32 Å². The molecule has 4 N–H and O–H groups in total. The number of aliphatic hydroxyl groups is 1. The summed E-state index contributed by atoms with van der Waals surface area (Å²) < 4.78 is 0. The van der Waals surface area contributed by atoms with E-state index >= 15 is 0 Å². The Hall–Kier alpha value is -0.610. The summed E-state index contributed by atoms with van der Waals surface area (Å²) in [6.45, 7) is 5.37. The number of carbonyl (C=O) groups excluding carboxylic acids is 1. The van der Waals surface area contributed by atoms with Gasteiger partial charge in [-0.15, -0.1) is 0 Å². The van der Waals surface area contributed by atoms with E-state index in [1.54, 1.807) is 13.8 Å². The van der Waals surface area contributed by atoms with Gasteiger partial charge in [0, 0.05) is 12.6 Å². The van der Waals surface area contributed by atoms with E-state index in [4.69, 9.17) is 10.8 Å². The molecule has 0 radical (unpaired) electrons. The van der Waals surface area contributed by atoms with Crippen LogP contribution in [0.15, 0.2) is 0 Å². The van der Waals surface area contributed by atoms with Crippen molar-refractivity contribution in [3.63, 3.8) is 0 Å². The Morgan fingerprint density at radius 2 is 2.15 bits per heavy atom. The highest BCUT2D eigenvalue weighted by atomic mass is 16.3. The molecule has 78 valence electrons. The minimum Gasteiger partial charge on any atom is -0.396 e. The molecule has 0 rings (SSSR count). The molecular weight excluding hydrogens is 168 g/mol. The van der Waals surface area contributed by atoms with E-state index in [9.17, 15) is 4.79 Å². The molecule has 0 aromatic rings. The Kier molecular flexibility index (Phi) is 4.95. The van der Waals surface area contributed by atoms with E-state index < -0.39 is 5.54 Å². The molecule has 0 heterocycles. The maximum Gasteiger partial charge on any atom is 0.239 e. The lowest BCUT2D eigenvalue weighted by molar-refractivity contribution is -0.126.